The van der Waals surface area contributed by atoms with Crippen LogP contribution in [0.25, 0.3) is 17.2 Å². The number of rotatable bonds is 5. The van der Waals surface area contributed by atoms with Crippen LogP contribution in [-0.2, 0) is 27.1 Å². The first-order valence-corrected chi connectivity index (χ1v) is 9.47. The van der Waals surface area contributed by atoms with E-state index >= 15 is 0 Å². The van der Waals surface area contributed by atoms with Gasteiger partial charge in [0.1, 0.15) is 5.82 Å². The Hall–Kier alpha value is -3.67. The molecule has 0 aliphatic heterocycles. The highest BCUT2D eigenvalue weighted by atomic mass is 16.2. The molecule has 0 aliphatic carbocycles. The molecule has 0 saturated heterocycles. The average molecular weight is 386 g/mol. The van der Waals surface area contributed by atoms with Crippen molar-refractivity contribution in [1.82, 2.24) is 18.7 Å². The molecule has 0 spiro atoms. The first-order chi connectivity index (χ1) is 14.1. The molecule has 0 unspecified atom stereocenters. The highest BCUT2D eigenvalue weighted by Crippen LogP contribution is 2.15. The summed E-state index contributed by atoms with van der Waals surface area (Å²) < 4.78 is 4.49. The number of aromatic nitrogens is 4. The van der Waals surface area contributed by atoms with Gasteiger partial charge in [-0.3, -0.25) is 13.9 Å². The molecule has 0 amide bonds. The van der Waals surface area contributed by atoms with E-state index < -0.39 is 0 Å². The number of benzene rings is 2. The molecule has 0 N–H and O–H groups in total. The molecule has 4 aromatic rings. The molecule has 6 nitrogen and oxygen atoms in total. The Morgan fingerprint density at radius 2 is 1.55 bits per heavy atom. The van der Waals surface area contributed by atoms with Crippen LogP contribution in [0.1, 0.15) is 17.0 Å². The number of allylic oxidation sites excluding steroid dienone is 1. The van der Waals surface area contributed by atoms with Crippen LogP contribution in [0, 0.1) is 0 Å². The van der Waals surface area contributed by atoms with E-state index in [9.17, 15) is 9.59 Å². The third kappa shape index (κ3) is 3.57. The van der Waals surface area contributed by atoms with E-state index in [0.29, 0.717) is 24.1 Å². The monoisotopic (exact) mass is 386 g/mol. The first kappa shape index (κ1) is 18.7. The van der Waals surface area contributed by atoms with Gasteiger partial charge >= 0.3 is 5.69 Å². The summed E-state index contributed by atoms with van der Waals surface area (Å²) in [7, 11) is 3.15. The van der Waals surface area contributed by atoms with Crippen LogP contribution in [0.4, 0.5) is 0 Å². The molecular weight excluding hydrogens is 364 g/mol. The summed E-state index contributed by atoms with van der Waals surface area (Å²) in [4.78, 5) is 29.9. The van der Waals surface area contributed by atoms with Crippen LogP contribution in [-0.4, -0.2) is 18.7 Å². The average Bonchev–Trinajstić information content (AvgIpc) is 3.10. The number of hydrogen-bond donors (Lipinski definition) is 0. The van der Waals surface area contributed by atoms with Gasteiger partial charge in [0, 0.05) is 27.1 Å². The van der Waals surface area contributed by atoms with Crippen molar-refractivity contribution in [3.8, 4) is 0 Å². The van der Waals surface area contributed by atoms with Gasteiger partial charge in [0.05, 0.1) is 0 Å². The van der Waals surface area contributed by atoms with Crippen molar-refractivity contribution < 1.29 is 0 Å². The van der Waals surface area contributed by atoms with Crippen molar-refractivity contribution >= 4 is 17.2 Å². The highest BCUT2D eigenvalue weighted by Gasteiger charge is 2.18. The summed E-state index contributed by atoms with van der Waals surface area (Å²) in [6, 6.07) is 20.0. The Labute approximate surface area is 168 Å². The van der Waals surface area contributed by atoms with Crippen LogP contribution >= 0.6 is 0 Å². The summed E-state index contributed by atoms with van der Waals surface area (Å²) in [6.07, 6.45) is 4.61. The van der Waals surface area contributed by atoms with Gasteiger partial charge in [-0.05, 0) is 11.1 Å². The molecule has 0 aliphatic rings. The van der Waals surface area contributed by atoms with Crippen LogP contribution < -0.4 is 11.2 Å². The minimum atomic E-state index is -0.377. The van der Waals surface area contributed by atoms with E-state index in [1.807, 2.05) is 77.4 Å². The molecule has 0 saturated carbocycles. The van der Waals surface area contributed by atoms with E-state index in [0.717, 1.165) is 21.5 Å². The second kappa shape index (κ2) is 7.75. The zero-order chi connectivity index (χ0) is 20.4. The van der Waals surface area contributed by atoms with Crippen molar-refractivity contribution in [1.29, 1.82) is 0 Å². The summed E-state index contributed by atoms with van der Waals surface area (Å²) >= 11 is 0. The summed E-state index contributed by atoms with van der Waals surface area (Å²) in [6.45, 7) is 0.513. The molecule has 4 rings (SSSR count). The molecule has 2 aromatic heterocycles. The molecule has 2 aromatic carbocycles. The number of aryl methyl sites for hydroxylation is 1. The van der Waals surface area contributed by atoms with E-state index in [4.69, 9.17) is 0 Å². The predicted octanol–water partition coefficient (Wildman–Crippen LogP) is 2.74. The molecule has 146 valence electrons. The quantitative estimate of drug-likeness (QED) is 0.530. The van der Waals surface area contributed by atoms with Gasteiger partial charge in [0.15, 0.2) is 11.2 Å². The van der Waals surface area contributed by atoms with E-state index in [-0.39, 0.29) is 11.2 Å². The van der Waals surface area contributed by atoms with Gasteiger partial charge in [0.2, 0.25) is 0 Å². The molecule has 29 heavy (non-hydrogen) atoms. The highest BCUT2D eigenvalue weighted by molar-refractivity contribution is 5.71. The minimum Gasteiger partial charge on any atom is -0.317 e. The van der Waals surface area contributed by atoms with E-state index in [1.54, 1.807) is 7.05 Å². The maximum absolute atomic E-state index is 12.9. The fourth-order valence-corrected chi connectivity index (χ4v) is 3.45. The van der Waals surface area contributed by atoms with Gasteiger partial charge in [-0.25, -0.2) is 9.78 Å². The summed E-state index contributed by atoms with van der Waals surface area (Å²) in [5, 5.41) is 0. The van der Waals surface area contributed by atoms with Gasteiger partial charge in [0.25, 0.3) is 5.56 Å². The lowest BCUT2D eigenvalue weighted by Gasteiger charge is -2.09. The van der Waals surface area contributed by atoms with E-state index in [2.05, 4.69) is 4.98 Å². The number of nitrogens with zero attached hydrogens (tertiary/aromatic N) is 4. The Morgan fingerprint density at radius 3 is 2.24 bits per heavy atom. The standard InChI is InChI=1S/C23H22N4O2/c1-25-21-20(22(28)26(2)23(25)29)27(16-18-12-7-4-8-13-18)19(24-21)15-9-14-17-10-5-3-6-11-17/h3-14H,15-16H2,1-2H3. The van der Waals surface area contributed by atoms with Gasteiger partial charge in [-0.15, -0.1) is 0 Å². The topological polar surface area (TPSA) is 61.8 Å². The maximum Gasteiger partial charge on any atom is 0.332 e. The van der Waals surface area contributed by atoms with Crippen LogP contribution in [0.15, 0.2) is 76.3 Å². The SMILES string of the molecule is Cn1c(=O)c2c(nc(CC=Cc3ccccc3)n2Cc2ccccc2)n(C)c1=O. The molecular formula is C23H22N4O2. The second-order valence-corrected chi connectivity index (χ2v) is 6.99. The maximum atomic E-state index is 12.9. The summed E-state index contributed by atoms with van der Waals surface area (Å²) in [5.41, 5.74) is 2.32. The normalized spacial score (nSPS) is 11.5. The molecule has 0 atom stereocenters. The first-order valence-electron chi connectivity index (χ1n) is 9.47. The fourth-order valence-electron chi connectivity index (χ4n) is 3.45. The van der Waals surface area contributed by atoms with Gasteiger partial charge in [-0.1, -0.05) is 72.8 Å². The Kier molecular flexibility index (Phi) is 4.99. The molecule has 0 bridgehead atoms. The Balaban J connectivity index is 1.84. The smallest absolute Gasteiger partial charge is 0.317 e. The Bertz CT molecular complexity index is 1300. The largest absolute Gasteiger partial charge is 0.332 e. The number of hydrogen-bond acceptors (Lipinski definition) is 3. The lowest BCUT2D eigenvalue weighted by molar-refractivity contribution is 0.701. The van der Waals surface area contributed by atoms with Crippen LogP contribution in [0.5, 0.6) is 0 Å². The van der Waals surface area contributed by atoms with E-state index in [1.165, 1.54) is 11.6 Å². The zero-order valence-corrected chi connectivity index (χ0v) is 16.4. The van der Waals surface area contributed by atoms with Gasteiger partial charge < -0.3 is 4.57 Å². The minimum absolute atomic E-state index is 0.329. The van der Waals surface area contributed by atoms with Crippen molar-refractivity contribution in [3.05, 3.63) is 105 Å². The zero-order valence-electron chi connectivity index (χ0n) is 16.4. The van der Waals surface area contributed by atoms with Crippen molar-refractivity contribution in [3.63, 3.8) is 0 Å². The number of fused-ring (bicyclic) bond motifs is 1. The molecule has 2 heterocycles. The molecule has 0 fully saturated rings. The molecule has 6 heteroatoms. The Morgan fingerprint density at radius 1 is 0.897 bits per heavy atom. The third-order valence-corrected chi connectivity index (χ3v) is 5.02. The van der Waals surface area contributed by atoms with Crippen molar-refractivity contribution in [2.75, 3.05) is 0 Å². The second-order valence-electron chi connectivity index (χ2n) is 6.99. The molecule has 0 radical (unpaired) electrons. The van der Waals surface area contributed by atoms with Crippen molar-refractivity contribution in [2.24, 2.45) is 14.1 Å². The lowest BCUT2D eigenvalue weighted by Crippen LogP contribution is -2.37. The summed E-state index contributed by atoms with van der Waals surface area (Å²) in [5.74, 6) is 0.745. The lowest BCUT2D eigenvalue weighted by atomic mass is 10.2. The fraction of sp³-hybridized carbons (Fsp3) is 0.174. The van der Waals surface area contributed by atoms with Crippen molar-refractivity contribution in [2.45, 2.75) is 13.0 Å². The number of imidazole rings is 1. The van der Waals surface area contributed by atoms with Gasteiger partial charge in [-0.2, -0.15) is 0 Å². The van der Waals surface area contributed by atoms with Crippen LogP contribution in [0.2, 0.25) is 0 Å². The third-order valence-electron chi connectivity index (χ3n) is 5.02. The van der Waals surface area contributed by atoms with Crippen LogP contribution in [0.3, 0.4) is 0 Å². The predicted molar refractivity (Wildman–Crippen MR) is 115 cm³/mol.